The smallest absolute Gasteiger partial charge is 0.137 e. The number of aliphatic hydroxyl groups is 1. The molecule has 114 valence electrons. The number of fused-ring (bicyclic) bond motifs is 1. The second kappa shape index (κ2) is 4.36. The Kier molecular flexibility index (Phi) is 3.04. The van der Waals surface area contributed by atoms with E-state index in [-0.39, 0.29) is 10.8 Å². The average molecular weight is 286 g/mol. The molecule has 0 unspecified atom stereocenters. The van der Waals surface area contributed by atoms with Crippen molar-refractivity contribution in [1.29, 1.82) is 0 Å². The maximum absolute atomic E-state index is 11.3. The van der Waals surface area contributed by atoms with E-state index in [1.807, 2.05) is 12.1 Å². The van der Waals surface area contributed by atoms with Crippen LogP contribution in [0.2, 0.25) is 0 Å². The zero-order chi connectivity index (χ0) is 15.5. The minimum absolute atomic E-state index is 0.116. The highest BCUT2D eigenvalue weighted by Gasteiger charge is 2.49. The third kappa shape index (κ3) is 2.62. The summed E-state index contributed by atoms with van der Waals surface area (Å²) in [6.45, 7) is 11.0. The SMILES string of the molecule is Cc1cccc2cc(C3(O)CC(C)(C)CC(C)(C)C3)oc12. The van der Waals surface area contributed by atoms with Crippen molar-refractivity contribution in [3.63, 3.8) is 0 Å². The van der Waals surface area contributed by atoms with Gasteiger partial charge in [0.25, 0.3) is 0 Å². The van der Waals surface area contributed by atoms with Crippen molar-refractivity contribution in [3.05, 3.63) is 35.6 Å². The highest BCUT2D eigenvalue weighted by atomic mass is 16.4. The average Bonchev–Trinajstić information content (AvgIpc) is 2.69. The van der Waals surface area contributed by atoms with Crippen LogP contribution in [-0.2, 0) is 5.60 Å². The van der Waals surface area contributed by atoms with Gasteiger partial charge in [-0.05, 0) is 48.6 Å². The molecule has 0 saturated heterocycles. The minimum Gasteiger partial charge on any atom is -0.458 e. The molecule has 1 heterocycles. The third-order valence-corrected chi connectivity index (χ3v) is 4.70. The molecule has 21 heavy (non-hydrogen) atoms. The molecule has 1 fully saturated rings. The van der Waals surface area contributed by atoms with E-state index in [0.717, 1.165) is 41.6 Å². The zero-order valence-electron chi connectivity index (χ0n) is 13.8. The van der Waals surface area contributed by atoms with Gasteiger partial charge in [0.1, 0.15) is 16.9 Å². The van der Waals surface area contributed by atoms with Crippen LogP contribution in [-0.4, -0.2) is 5.11 Å². The Labute approximate surface area is 127 Å². The van der Waals surface area contributed by atoms with Crippen molar-refractivity contribution in [3.8, 4) is 0 Å². The van der Waals surface area contributed by atoms with Gasteiger partial charge in [0.2, 0.25) is 0 Å². The van der Waals surface area contributed by atoms with E-state index < -0.39 is 5.60 Å². The molecule has 0 radical (unpaired) electrons. The summed E-state index contributed by atoms with van der Waals surface area (Å²) in [7, 11) is 0. The lowest BCUT2D eigenvalue weighted by Crippen LogP contribution is -2.43. The zero-order valence-corrected chi connectivity index (χ0v) is 13.8. The first-order valence-corrected chi connectivity index (χ1v) is 7.82. The van der Waals surface area contributed by atoms with E-state index in [2.05, 4.69) is 46.8 Å². The predicted octanol–water partition coefficient (Wildman–Crippen LogP) is 5.17. The molecule has 3 rings (SSSR count). The topological polar surface area (TPSA) is 33.4 Å². The summed E-state index contributed by atoms with van der Waals surface area (Å²) in [6.07, 6.45) is 2.63. The Morgan fingerprint density at radius 2 is 1.62 bits per heavy atom. The van der Waals surface area contributed by atoms with Crippen LogP contribution in [0.1, 0.15) is 58.3 Å². The fraction of sp³-hybridized carbons (Fsp3) is 0.579. The van der Waals surface area contributed by atoms with Crippen LogP contribution in [0, 0.1) is 17.8 Å². The van der Waals surface area contributed by atoms with Crippen molar-refractivity contribution >= 4 is 11.0 Å². The van der Waals surface area contributed by atoms with Gasteiger partial charge in [-0.2, -0.15) is 0 Å². The highest BCUT2D eigenvalue weighted by molar-refractivity contribution is 5.81. The molecule has 1 N–H and O–H groups in total. The molecule has 2 nitrogen and oxygen atoms in total. The maximum atomic E-state index is 11.3. The lowest BCUT2D eigenvalue weighted by molar-refractivity contribution is -0.103. The Hall–Kier alpha value is -1.28. The minimum atomic E-state index is -0.864. The van der Waals surface area contributed by atoms with Gasteiger partial charge in [-0.1, -0.05) is 45.9 Å². The number of para-hydroxylation sites is 1. The number of rotatable bonds is 1. The van der Waals surface area contributed by atoms with Crippen molar-refractivity contribution in [2.45, 2.75) is 59.5 Å². The van der Waals surface area contributed by atoms with Gasteiger partial charge in [-0.25, -0.2) is 0 Å². The Morgan fingerprint density at radius 3 is 2.19 bits per heavy atom. The van der Waals surface area contributed by atoms with Crippen LogP contribution in [0.25, 0.3) is 11.0 Å². The molecular weight excluding hydrogens is 260 g/mol. The van der Waals surface area contributed by atoms with Gasteiger partial charge in [-0.3, -0.25) is 0 Å². The molecule has 0 spiro atoms. The fourth-order valence-corrected chi connectivity index (χ4v) is 4.68. The van der Waals surface area contributed by atoms with Crippen molar-refractivity contribution in [2.75, 3.05) is 0 Å². The normalized spacial score (nSPS) is 23.3. The molecule has 2 aromatic rings. The number of hydrogen-bond acceptors (Lipinski definition) is 2. The largest absolute Gasteiger partial charge is 0.458 e. The summed E-state index contributed by atoms with van der Waals surface area (Å²) < 4.78 is 6.08. The van der Waals surface area contributed by atoms with Gasteiger partial charge in [0.05, 0.1) is 0 Å². The molecule has 0 aliphatic heterocycles. The first kappa shape index (κ1) is 14.6. The maximum Gasteiger partial charge on any atom is 0.137 e. The van der Waals surface area contributed by atoms with Crippen molar-refractivity contribution in [2.24, 2.45) is 10.8 Å². The third-order valence-electron chi connectivity index (χ3n) is 4.70. The number of furan rings is 1. The van der Waals surface area contributed by atoms with Crippen LogP contribution in [0.3, 0.4) is 0 Å². The molecular formula is C19H26O2. The lowest BCUT2D eigenvalue weighted by Gasteiger charge is -2.48. The van der Waals surface area contributed by atoms with Gasteiger partial charge >= 0.3 is 0 Å². The van der Waals surface area contributed by atoms with Gasteiger partial charge in [-0.15, -0.1) is 0 Å². The van der Waals surface area contributed by atoms with E-state index in [1.165, 1.54) is 0 Å². The van der Waals surface area contributed by atoms with E-state index in [9.17, 15) is 5.11 Å². The number of aryl methyl sites for hydroxylation is 1. The molecule has 1 aromatic heterocycles. The Balaban J connectivity index is 2.09. The molecule has 1 aliphatic rings. The van der Waals surface area contributed by atoms with Crippen LogP contribution in [0.5, 0.6) is 0 Å². The summed E-state index contributed by atoms with van der Waals surface area (Å²) in [4.78, 5) is 0. The van der Waals surface area contributed by atoms with Crippen LogP contribution in [0.4, 0.5) is 0 Å². The Morgan fingerprint density at radius 1 is 1.00 bits per heavy atom. The number of benzene rings is 1. The quantitative estimate of drug-likeness (QED) is 0.785. The monoisotopic (exact) mass is 286 g/mol. The molecule has 0 bridgehead atoms. The van der Waals surface area contributed by atoms with Crippen LogP contribution < -0.4 is 0 Å². The standard InChI is InChI=1S/C19H26O2/c1-13-7-6-8-14-9-15(21-16(13)14)19(20)11-17(2,3)10-18(4,5)12-19/h6-9,20H,10-12H2,1-5H3. The summed E-state index contributed by atoms with van der Waals surface area (Å²) in [5.74, 6) is 0.729. The fourth-order valence-electron chi connectivity index (χ4n) is 4.68. The van der Waals surface area contributed by atoms with Crippen LogP contribution in [0.15, 0.2) is 28.7 Å². The second-order valence-corrected chi connectivity index (χ2v) is 8.49. The lowest BCUT2D eigenvalue weighted by atomic mass is 9.59. The predicted molar refractivity (Wildman–Crippen MR) is 86.3 cm³/mol. The van der Waals surface area contributed by atoms with Crippen molar-refractivity contribution < 1.29 is 9.52 Å². The first-order valence-electron chi connectivity index (χ1n) is 7.82. The molecule has 1 saturated carbocycles. The summed E-state index contributed by atoms with van der Waals surface area (Å²) in [5, 5.41) is 12.4. The molecule has 0 amide bonds. The highest BCUT2D eigenvalue weighted by Crippen LogP contribution is 2.54. The van der Waals surface area contributed by atoms with Crippen molar-refractivity contribution in [1.82, 2.24) is 0 Å². The van der Waals surface area contributed by atoms with E-state index in [1.54, 1.807) is 0 Å². The van der Waals surface area contributed by atoms with E-state index >= 15 is 0 Å². The summed E-state index contributed by atoms with van der Waals surface area (Å²) >= 11 is 0. The van der Waals surface area contributed by atoms with Crippen LogP contribution >= 0.6 is 0 Å². The van der Waals surface area contributed by atoms with E-state index in [0.29, 0.717) is 0 Å². The van der Waals surface area contributed by atoms with Gasteiger partial charge < -0.3 is 9.52 Å². The summed E-state index contributed by atoms with van der Waals surface area (Å²) in [5.41, 5.74) is 1.39. The first-order chi connectivity index (χ1) is 9.60. The Bertz CT molecular complexity index is 660. The van der Waals surface area contributed by atoms with Gasteiger partial charge in [0, 0.05) is 5.39 Å². The molecule has 0 atom stereocenters. The molecule has 2 heteroatoms. The van der Waals surface area contributed by atoms with E-state index in [4.69, 9.17) is 4.42 Å². The number of hydrogen-bond donors (Lipinski definition) is 1. The second-order valence-electron chi connectivity index (χ2n) is 8.49. The molecule has 1 aromatic carbocycles. The molecule has 1 aliphatic carbocycles. The van der Waals surface area contributed by atoms with Gasteiger partial charge in [0.15, 0.2) is 0 Å². The summed E-state index contributed by atoms with van der Waals surface area (Å²) in [6, 6.07) is 8.17.